The third-order valence-electron chi connectivity index (χ3n) is 3.26. The molecule has 1 heterocycles. The molecule has 0 saturated carbocycles. The van der Waals surface area contributed by atoms with Crippen molar-refractivity contribution >= 4 is 11.9 Å². The Labute approximate surface area is 102 Å². The minimum atomic E-state index is -0.771. The molecule has 1 aliphatic heterocycles. The van der Waals surface area contributed by atoms with Crippen LogP contribution in [0.1, 0.15) is 40.0 Å². The maximum absolute atomic E-state index is 11.8. The van der Waals surface area contributed by atoms with Gasteiger partial charge >= 0.3 is 5.97 Å². The molecule has 1 fully saturated rings. The van der Waals surface area contributed by atoms with Gasteiger partial charge in [-0.25, -0.2) is 0 Å². The molecule has 1 N–H and O–H groups in total. The molecule has 0 aromatic rings. The first-order valence-corrected chi connectivity index (χ1v) is 6.08. The van der Waals surface area contributed by atoms with Crippen LogP contribution in [0.5, 0.6) is 0 Å². The summed E-state index contributed by atoms with van der Waals surface area (Å²) in [5.74, 6) is -0.837. The van der Waals surface area contributed by atoms with E-state index in [1.54, 1.807) is 11.0 Å². The molecule has 1 unspecified atom stereocenters. The molecule has 1 aliphatic rings. The number of likely N-dealkylation sites (tertiary alicyclic amines) is 1. The van der Waals surface area contributed by atoms with Crippen LogP contribution in [0.15, 0.2) is 11.6 Å². The zero-order valence-corrected chi connectivity index (χ0v) is 10.8. The number of amides is 1. The van der Waals surface area contributed by atoms with E-state index in [1.807, 2.05) is 20.8 Å². The van der Waals surface area contributed by atoms with E-state index in [-0.39, 0.29) is 5.91 Å². The number of carbonyl (C=O) groups excluding carboxylic acids is 1. The first kappa shape index (κ1) is 13.7. The molecule has 1 saturated heterocycles. The van der Waals surface area contributed by atoms with Crippen molar-refractivity contribution in [3.05, 3.63) is 11.6 Å². The second-order valence-corrected chi connectivity index (χ2v) is 5.07. The normalized spacial score (nSPS) is 23.6. The molecule has 96 valence electrons. The molecule has 0 aromatic carbocycles. The summed E-state index contributed by atoms with van der Waals surface area (Å²) in [6.45, 7) is 6.61. The average molecular weight is 239 g/mol. The summed E-state index contributed by atoms with van der Waals surface area (Å²) in [5.41, 5.74) is 0.221. The number of carboxylic acid groups (broad SMARTS) is 1. The van der Waals surface area contributed by atoms with Gasteiger partial charge in [-0.2, -0.15) is 0 Å². The lowest BCUT2D eigenvalue weighted by Gasteiger charge is -2.23. The zero-order chi connectivity index (χ0) is 13.1. The third-order valence-corrected chi connectivity index (χ3v) is 3.26. The second kappa shape index (κ2) is 5.34. The van der Waals surface area contributed by atoms with Crippen molar-refractivity contribution in [2.45, 2.75) is 40.0 Å². The fourth-order valence-electron chi connectivity index (χ4n) is 2.36. The van der Waals surface area contributed by atoms with Gasteiger partial charge in [-0.3, -0.25) is 9.59 Å². The predicted molar refractivity (Wildman–Crippen MR) is 65.6 cm³/mol. The van der Waals surface area contributed by atoms with Gasteiger partial charge < -0.3 is 10.0 Å². The van der Waals surface area contributed by atoms with Crippen molar-refractivity contribution in [3.63, 3.8) is 0 Å². The summed E-state index contributed by atoms with van der Waals surface area (Å²) in [7, 11) is 0. The predicted octanol–water partition coefficient (Wildman–Crippen LogP) is 2.06. The Hall–Kier alpha value is -1.32. The molecule has 1 atom stereocenters. The highest BCUT2D eigenvalue weighted by Crippen LogP contribution is 2.35. The van der Waals surface area contributed by atoms with Crippen LogP contribution in [0.2, 0.25) is 0 Å². The maximum Gasteiger partial charge on any atom is 0.311 e. The van der Waals surface area contributed by atoms with Gasteiger partial charge in [0, 0.05) is 19.2 Å². The van der Waals surface area contributed by atoms with E-state index >= 15 is 0 Å². The molecule has 17 heavy (non-hydrogen) atoms. The van der Waals surface area contributed by atoms with Crippen molar-refractivity contribution in [2.75, 3.05) is 13.1 Å². The first-order chi connectivity index (χ1) is 7.91. The van der Waals surface area contributed by atoms with Gasteiger partial charge in [-0.05, 0) is 26.7 Å². The topological polar surface area (TPSA) is 57.6 Å². The minimum Gasteiger partial charge on any atom is -0.481 e. The molecule has 0 aromatic heterocycles. The summed E-state index contributed by atoms with van der Waals surface area (Å²) in [6, 6.07) is 0. The SMILES string of the molecule is CCCC1(C(=O)O)CCN(C(=O)C=C(C)C)C1. The van der Waals surface area contributed by atoms with Gasteiger partial charge in [-0.15, -0.1) is 0 Å². The molecule has 1 amide bonds. The summed E-state index contributed by atoms with van der Waals surface area (Å²) in [6.07, 6.45) is 3.61. The summed E-state index contributed by atoms with van der Waals surface area (Å²) < 4.78 is 0. The maximum atomic E-state index is 11.8. The van der Waals surface area contributed by atoms with E-state index < -0.39 is 11.4 Å². The standard InChI is InChI=1S/C13H21NO3/c1-4-5-13(12(16)17)6-7-14(9-13)11(15)8-10(2)3/h8H,4-7,9H2,1-3H3,(H,16,17). The van der Waals surface area contributed by atoms with Crippen molar-refractivity contribution in [1.29, 1.82) is 0 Å². The molecule has 4 nitrogen and oxygen atoms in total. The van der Waals surface area contributed by atoms with Gasteiger partial charge in [0.05, 0.1) is 5.41 Å². The quantitative estimate of drug-likeness (QED) is 0.764. The van der Waals surface area contributed by atoms with E-state index in [9.17, 15) is 14.7 Å². The molecule has 4 heteroatoms. The average Bonchev–Trinajstić information content (AvgIpc) is 2.63. The van der Waals surface area contributed by atoms with Crippen LogP contribution >= 0.6 is 0 Å². The summed E-state index contributed by atoms with van der Waals surface area (Å²) in [4.78, 5) is 24.8. The number of aliphatic carboxylic acids is 1. The van der Waals surface area contributed by atoms with Crippen molar-refractivity contribution in [1.82, 2.24) is 4.90 Å². The Morgan fingerprint density at radius 2 is 2.06 bits per heavy atom. The number of hydrogen-bond donors (Lipinski definition) is 1. The molecular formula is C13H21NO3. The Morgan fingerprint density at radius 3 is 2.53 bits per heavy atom. The van der Waals surface area contributed by atoms with E-state index in [1.165, 1.54) is 0 Å². The Kier molecular flexibility index (Phi) is 4.32. The van der Waals surface area contributed by atoms with Gasteiger partial charge in [0.15, 0.2) is 0 Å². The van der Waals surface area contributed by atoms with E-state index in [4.69, 9.17) is 0 Å². The van der Waals surface area contributed by atoms with Crippen LogP contribution in [-0.2, 0) is 9.59 Å². The van der Waals surface area contributed by atoms with E-state index in [0.29, 0.717) is 25.9 Å². The van der Waals surface area contributed by atoms with Crippen molar-refractivity contribution in [2.24, 2.45) is 5.41 Å². The molecule has 1 rings (SSSR count). The molecule has 0 radical (unpaired) electrons. The molecule has 0 aliphatic carbocycles. The zero-order valence-electron chi connectivity index (χ0n) is 10.8. The fourth-order valence-corrected chi connectivity index (χ4v) is 2.36. The smallest absolute Gasteiger partial charge is 0.311 e. The molecule has 0 bridgehead atoms. The number of nitrogens with zero attached hydrogens (tertiary/aromatic N) is 1. The highest BCUT2D eigenvalue weighted by molar-refractivity contribution is 5.89. The Bertz CT molecular complexity index is 345. The van der Waals surface area contributed by atoms with Gasteiger partial charge in [0.25, 0.3) is 0 Å². The number of hydrogen-bond acceptors (Lipinski definition) is 2. The third kappa shape index (κ3) is 3.08. The van der Waals surface area contributed by atoms with Gasteiger partial charge in [-0.1, -0.05) is 18.9 Å². The lowest BCUT2D eigenvalue weighted by atomic mass is 9.83. The van der Waals surface area contributed by atoms with Crippen LogP contribution in [0.3, 0.4) is 0 Å². The number of carbonyl (C=O) groups is 2. The fraction of sp³-hybridized carbons (Fsp3) is 0.692. The lowest BCUT2D eigenvalue weighted by molar-refractivity contribution is -0.148. The first-order valence-electron chi connectivity index (χ1n) is 6.08. The van der Waals surface area contributed by atoms with Crippen LogP contribution in [-0.4, -0.2) is 35.0 Å². The van der Waals surface area contributed by atoms with Crippen LogP contribution in [0.25, 0.3) is 0 Å². The molecule has 0 spiro atoms. The van der Waals surface area contributed by atoms with Gasteiger partial charge in [0.2, 0.25) is 5.91 Å². The summed E-state index contributed by atoms with van der Waals surface area (Å²) in [5, 5.41) is 9.32. The van der Waals surface area contributed by atoms with E-state index in [2.05, 4.69) is 0 Å². The highest BCUT2D eigenvalue weighted by Gasteiger charge is 2.44. The van der Waals surface area contributed by atoms with Crippen LogP contribution < -0.4 is 0 Å². The highest BCUT2D eigenvalue weighted by atomic mass is 16.4. The van der Waals surface area contributed by atoms with Crippen molar-refractivity contribution in [3.8, 4) is 0 Å². The lowest BCUT2D eigenvalue weighted by Crippen LogP contribution is -2.36. The molecular weight excluding hydrogens is 218 g/mol. The number of allylic oxidation sites excluding steroid dienone is 1. The second-order valence-electron chi connectivity index (χ2n) is 5.07. The number of rotatable bonds is 4. The monoisotopic (exact) mass is 239 g/mol. The van der Waals surface area contributed by atoms with Crippen LogP contribution in [0.4, 0.5) is 0 Å². The van der Waals surface area contributed by atoms with E-state index in [0.717, 1.165) is 12.0 Å². The largest absolute Gasteiger partial charge is 0.481 e. The van der Waals surface area contributed by atoms with Crippen molar-refractivity contribution < 1.29 is 14.7 Å². The Balaban J connectivity index is 2.76. The minimum absolute atomic E-state index is 0.0655. The van der Waals surface area contributed by atoms with Crippen LogP contribution in [0, 0.1) is 5.41 Å². The van der Waals surface area contributed by atoms with Gasteiger partial charge in [0.1, 0.15) is 0 Å². The number of carboxylic acids is 1. The Morgan fingerprint density at radius 1 is 1.41 bits per heavy atom. The summed E-state index contributed by atoms with van der Waals surface area (Å²) >= 11 is 0.